The molecule has 1 aromatic rings. The van der Waals surface area contributed by atoms with E-state index in [4.69, 9.17) is 0 Å². The molecular formula is C12H16OS. The Bertz CT molecular complexity index is 300. The predicted octanol–water partition coefficient (Wildman–Crippen LogP) is 3.15. The van der Waals surface area contributed by atoms with Crippen molar-refractivity contribution < 1.29 is 5.11 Å². The molecule has 1 nitrogen and oxygen atoms in total. The van der Waals surface area contributed by atoms with Crippen molar-refractivity contribution in [2.75, 3.05) is 0 Å². The van der Waals surface area contributed by atoms with E-state index in [1.165, 1.54) is 16.9 Å². The quantitative estimate of drug-likeness (QED) is 0.740. The maximum atomic E-state index is 9.62. The molecule has 2 heteroatoms. The molecule has 0 amide bonds. The van der Waals surface area contributed by atoms with Gasteiger partial charge in [-0.2, -0.15) is 0 Å². The van der Waals surface area contributed by atoms with Crippen molar-refractivity contribution in [3.63, 3.8) is 0 Å². The summed E-state index contributed by atoms with van der Waals surface area (Å²) in [6.45, 7) is 0. The number of aliphatic hydroxyl groups is 1. The number of hydrogen-bond donors (Lipinski definition) is 1. The molecule has 0 saturated heterocycles. The van der Waals surface area contributed by atoms with Crippen molar-refractivity contribution >= 4 is 11.3 Å². The first kappa shape index (κ1) is 9.94. The van der Waals surface area contributed by atoms with Gasteiger partial charge in [-0.3, -0.25) is 0 Å². The van der Waals surface area contributed by atoms with E-state index in [1.54, 1.807) is 11.3 Å². The van der Waals surface area contributed by atoms with Crippen LogP contribution in [0.3, 0.4) is 0 Å². The minimum atomic E-state index is -0.201. The van der Waals surface area contributed by atoms with Crippen molar-refractivity contribution in [3.05, 3.63) is 34.0 Å². The van der Waals surface area contributed by atoms with Gasteiger partial charge in [0.1, 0.15) is 0 Å². The van der Waals surface area contributed by atoms with Gasteiger partial charge in [0.15, 0.2) is 0 Å². The zero-order valence-electron chi connectivity index (χ0n) is 8.28. The predicted molar refractivity (Wildman–Crippen MR) is 60.6 cm³/mol. The molecule has 0 aromatic carbocycles. The largest absolute Gasteiger partial charge is 0.389 e. The van der Waals surface area contributed by atoms with Gasteiger partial charge in [0.2, 0.25) is 0 Å². The number of thiophene rings is 1. The lowest BCUT2D eigenvalue weighted by molar-refractivity contribution is 0.211. The number of rotatable bonds is 2. The van der Waals surface area contributed by atoms with Crippen LogP contribution in [-0.2, 0) is 6.42 Å². The summed E-state index contributed by atoms with van der Waals surface area (Å²) in [5.74, 6) is 0. The standard InChI is InChI=1S/C12H16OS/c13-11-5-2-1-4-10(8-11)9-12-6-3-7-14-12/h3,6-8,11,13H,1-2,4-5,9H2. The Morgan fingerprint density at radius 2 is 2.36 bits per heavy atom. The normalized spacial score (nSPS) is 22.9. The molecule has 1 aromatic heterocycles. The van der Waals surface area contributed by atoms with Gasteiger partial charge in [0.05, 0.1) is 6.10 Å². The first-order valence-corrected chi connectivity index (χ1v) is 6.12. The molecule has 76 valence electrons. The maximum Gasteiger partial charge on any atom is 0.0723 e. The molecule has 0 aliphatic heterocycles. The molecular weight excluding hydrogens is 192 g/mol. The second kappa shape index (κ2) is 4.76. The summed E-state index contributed by atoms with van der Waals surface area (Å²) in [5.41, 5.74) is 1.41. The van der Waals surface area contributed by atoms with Gasteiger partial charge >= 0.3 is 0 Å². The van der Waals surface area contributed by atoms with Gasteiger partial charge in [0, 0.05) is 11.3 Å². The highest BCUT2D eigenvalue weighted by Crippen LogP contribution is 2.22. The van der Waals surface area contributed by atoms with Crippen LogP contribution in [0.5, 0.6) is 0 Å². The molecule has 2 rings (SSSR count). The number of aliphatic hydroxyl groups excluding tert-OH is 1. The van der Waals surface area contributed by atoms with Gasteiger partial charge in [-0.15, -0.1) is 11.3 Å². The Morgan fingerprint density at radius 1 is 1.43 bits per heavy atom. The summed E-state index contributed by atoms with van der Waals surface area (Å²) < 4.78 is 0. The molecule has 0 radical (unpaired) electrons. The fraction of sp³-hybridized carbons (Fsp3) is 0.500. The Kier molecular flexibility index (Phi) is 3.38. The molecule has 14 heavy (non-hydrogen) atoms. The van der Waals surface area contributed by atoms with Crippen LogP contribution in [0, 0.1) is 0 Å². The maximum absolute atomic E-state index is 9.62. The fourth-order valence-corrected chi connectivity index (χ4v) is 2.69. The lowest BCUT2D eigenvalue weighted by atomic mass is 10.1. The van der Waals surface area contributed by atoms with Crippen molar-refractivity contribution in [3.8, 4) is 0 Å². The van der Waals surface area contributed by atoms with Crippen molar-refractivity contribution in [2.45, 2.75) is 38.2 Å². The molecule has 1 atom stereocenters. The highest BCUT2D eigenvalue weighted by Gasteiger charge is 2.09. The van der Waals surface area contributed by atoms with Gasteiger partial charge in [-0.05, 0) is 30.7 Å². The summed E-state index contributed by atoms with van der Waals surface area (Å²) in [6, 6.07) is 4.26. The van der Waals surface area contributed by atoms with Crippen molar-refractivity contribution in [1.82, 2.24) is 0 Å². The van der Waals surface area contributed by atoms with Crippen LogP contribution in [0.1, 0.15) is 30.6 Å². The monoisotopic (exact) mass is 208 g/mol. The summed E-state index contributed by atoms with van der Waals surface area (Å²) in [5, 5.41) is 11.7. The van der Waals surface area contributed by atoms with E-state index in [9.17, 15) is 5.11 Å². The molecule has 0 bridgehead atoms. The highest BCUT2D eigenvalue weighted by atomic mass is 32.1. The molecule has 1 unspecified atom stereocenters. The second-order valence-corrected chi connectivity index (χ2v) is 4.93. The van der Waals surface area contributed by atoms with Crippen LogP contribution in [0.4, 0.5) is 0 Å². The average Bonchev–Trinajstić information content (AvgIpc) is 2.56. The van der Waals surface area contributed by atoms with Crippen molar-refractivity contribution in [2.24, 2.45) is 0 Å². The number of allylic oxidation sites excluding steroid dienone is 1. The smallest absolute Gasteiger partial charge is 0.0723 e. The SMILES string of the molecule is OC1C=C(Cc2cccs2)CCCC1. The average molecular weight is 208 g/mol. The second-order valence-electron chi connectivity index (χ2n) is 3.89. The molecule has 0 spiro atoms. The summed E-state index contributed by atoms with van der Waals surface area (Å²) >= 11 is 1.80. The third-order valence-corrected chi connectivity index (χ3v) is 3.53. The molecule has 1 aliphatic rings. The van der Waals surface area contributed by atoms with Crippen LogP contribution in [0.25, 0.3) is 0 Å². The zero-order chi connectivity index (χ0) is 9.80. The van der Waals surface area contributed by atoms with Gasteiger partial charge in [0.25, 0.3) is 0 Å². The third kappa shape index (κ3) is 2.69. The highest BCUT2D eigenvalue weighted by molar-refractivity contribution is 7.09. The van der Waals surface area contributed by atoms with E-state index in [0.29, 0.717) is 0 Å². The molecule has 0 saturated carbocycles. The third-order valence-electron chi connectivity index (χ3n) is 2.66. The minimum Gasteiger partial charge on any atom is -0.389 e. The van der Waals surface area contributed by atoms with E-state index in [2.05, 4.69) is 23.6 Å². The topological polar surface area (TPSA) is 20.2 Å². The Morgan fingerprint density at radius 3 is 3.14 bits per heavy atom. The van der Waals surface area contributed by atoms with Crippen LogP contribution >= 0.6 is 11.3 Å². The van der Waals surface area contributed by atoms with E-state index in [-0.39, 0.29) is 6.10 Å². The van der Waals surface area contributed by atoms with Crippen molar-refractivity contribution in [1.29, 1.82) is 0 Å². The van der Waals surface area contributed by atoms with Gasteiger partial charge < -0.3 is 5.11 Å². The lowest BCUT2D eigenvalue weighted by Gasteiger charge is -2.04. The molecule has 1 heterocycles. The molecule has 1 aliphatic carbocycles. The Balaban J connectivity index is 2.02. The van der Waals surface area contributed by atoms with Gasteiger partial charge in [-0.1, -0.05) is 24.1 Å². The van der Waals surface area contributed by atoms with Crippen LogP contribution in [0.15, 0.2) is 29.2 Å². The first-order valence-electron chi connectivity index (χ1n) is 5.24. The summed E-state index contributed by atoms with van der Waals surface area (Å²) in [6.07, 6.45) is 7.39. The Hall–Kier alpha value is -0.600. The number of hydrogen-bond acceptors (Lipinski definition) is 2. The van der Waals surface area contributed by atoms with Crippen LogP contribution in [-0.4, -0.2) is 11.2 Å². The lowest BCUT2D eigenvalue weighted by Crippen LogP contribution is -2.00. The zero-order valence-corrected chi connectivity index (χ0v) is 9.09. The summed E-state index contributed by atoms with van der Waals surface area (Å²) in [4.78, 5) is 1.41. The van der Waals surface area contributed by atoms with E-state index in [1.807, 2.05) is 0 Å². The van der Waals surface area contributed by atoms with Crippen LogP contribution in [0.2, 0.25) is 0 Å². The Labute approximate surface area is 89.1 Å². The minimum absolute atomic E-state index is 0.201. The van der Waals surface area contributed by atoms with E-state index in [0.717, 1.165) is 25.7 Å². The van der Waals surface area contributed by atoms with Gasteiger partial charge in [-0.25, -0.2) is 0 Å². The van der Waals surface area contributed by atoms with Crippen LogP contribution < -0.4 is 0 Å². The van der Waals surface area contributed by atoms with E-state index < -0.39 is 0 Å². The summed E-state index contributed by atoms with van der Waals surface area (Å²) in [7, 11) is 0. The fourth-order valence-electron chi connectivity index (χ4n) is 1.93. The first-order chi connectivity index (χ1) is 6.84. The van der Waals surface area contributed by atoms with E-state index >= 15 is 0 Å². The molecule has 1 N–H and O–H groups in total. The molecule has 0 fully saturated rings.